The number of aromatic nitrogens is 3. The summed E-state index contributed by atoms with van der Waals surface area (Å²) in [6, 6.07) is 23.0. The molecule has 0 aliphatic carbocycles. The molecule has 0 aliphatic heterocycles. The van der Waals surface area contributed by atoms with E-state index in [4.69, 9.17) is 0 Å². The molecule has 0 saturated carbocycles. The SMILES string of the molecule is Cc1ccc(Nc2n[nH]c(Cc3ccc4ccccc4c3)n2)cc1. The highest BCUT2D eigenvalue weighted by molar-refractivity contribution is 5.83. The van der Waals surface area contributed by atoms with Gasteiger partial charge in [0.25, 0.3) is 0 Å². The van der Waals surface area contributed by atoms with Gasteiger partial charge in [0.2, 0.25) is 5.95 Å². The quantitative estimate of drug-likeness (QED) is 0.579. The Morgan fingerprint density at radius 3 is 2.54 bits per heavy atom. The maximum atomic E-state index is 4.53. The molecule has 0 spiro atoms. The van der Waals surface area contributed by atoms with E-state index in [0.29, 0.717) is 5.95 Å². The Kier molecular flexibility index (Phi) is 3.71. The lowest BCUT2D eigenvalue weighted by atomic mass is 10.1. The van der Waals surface area contributed by atoms with E-state index < -0.39 is 0 Å². The second kappa shape index (κ2) is 6.16. The van der Waals surface area contributed by atoms with Crippen LogP contribution in [-0.2, 0) is 6.42 Å². The highest BCUT2D eigenvalue weighted by Crippen LogP contribution is 2.18. The van der Waals surface area contributed by atoms with Gasteiger partial charge < -0.3 is 5.32 Å². The summed E-state index contributed by atoms with van der Waals surface area (Å²) in [5.41, 5.74) is 3.43. The minimum Gasteiger partial charge on any atom is -0.323 e. The van der Waals surface area contributed by atoms with Crippen LogP contribution in [0.25, 0.3) is 10.8 Å². The highest BCUT2D eigenvalue weighted by atomic mass is 15.3. The van der Waals surface area contributed by atoms with Crippen molar-refractivity contribution in [2.75, 3.05) is 5.32 Å². The number of nitrogens with one attached hydrogen (secondary N) is 2. The first-order chi connectivity index (χ1) is 11.8. The number of aromatic amines is 1. The lowest BCUT2D eigenvalue weighted by Gasteiger charge is -2.02. The Labute approximate surface area is 140 Å². The van der Waals surface area contributed by atoms with E-state index in [1.807, 2.05) is 12.1 Å². The molecule has 0 aliphatic rings. The maximum absolute atomic E-state index is 4.53. The molecule has 0 saturated heterocycles. The Morgan fingerprint density at radius 2 is 1.71 bits per heavy atom. The molecule has 4 aromatic rings. The predicted molar refractivity (Wildman–Crippen MR) is 97.6 cm³/mol. The molecular formula is C20H18N4. The van der Waals surface area contributed by atoms with Crippen LogP contribution in [0.4, 0.5) is 11.6 Å². The third-order valence-corrected chi connectivity index (χ3v) is 4.02. The smallest absolute Gasteiger partial charge is 0.246 e. The molecule has 2 N–H and O–H groups in total. The molecule has 4 nitrogen and oxygen atoms in total. The largest absolute Gasteiger partial charge is 0.323 e. The van der Waals surface area contributed by atoms with Crippen LogP contribution in [0, 0.1) is 6.92 Å². The van der Waals surface area contributed by atoms with Gasteiger partial charge in [0, 0.05) is 12.1 Å². The molecule has 1 heterocycles. The Balaban J connectivity index is 1.50. The van der Waals surface area contributed by atoms with Crippen molar-refractivity contribution in [1.82, 2.24) is 15.2 Å². The molecular weight excluding hydrogens is 296 g/mol. The summed E-state index contributed by atoms with van der Waals surface area (Å²) >= 11 is 0. The number of hydrogen-bond donors (Lipinski definition) is 2. The zero-order valence-electron chi connectivity index (χ0n) is 13.5. The molecule has 0 fully saturated rings. The van der Waals surface area contributed by atoms with E-state index in [1.165, 1.54) is 21.9 Å². The molecule has 0 radical (unpaired) electrons. The van der Waals surface area contributed by atoms with E-state index in [2.05, 4.69) is 82.0 Å². The van der Waals surface area contributed by atoms with Crippen LogP contribution in [0.2, 0.25) is 0 Å². The number of nitrogens with zero attached hydrogens (tertiary/aromatic N) is 2. The first kappa shape index (κ1) is 14.5. The van der Waals surface area contributed by atoms with Crippen molar-refractivity contribution < 1.29 is 0 Å². The molecule has 1 aromatic heterocycles. The van der Waals surface area contributed by atoms with Crippen LogP contribution < -0.4 is 5.32 Å². The van der Waals surface area contributed by atoms with Crippen molar-refractivity contribution in [3.8, 4) is 0 Å². The van der Waals surface area contributed by atoms with E-state index in [9.17, 15) is 0 Å². The molecule has 4 heteroatoms. The first-order valence-electron chi connectivity index (χ1n) is 7.99. The average molecular weight is 314 g/mol. The Hall–Kier alpha value is -3.14. The summed E-state index contributed by atoms with van der Waals surface area (Å²) in [4.78, 5) is 4.53. The second-order valence-electron chi connectivity index (χ2n) is 5.96. The molecule has 0 bridgehead atoms. The normalized spacial score (nSPS) is 10.9. The summed E-state index contributed by atoms with van der Waals surface area (Å²) in [5.74, 6) is 1.44. The summed E-state index contributed by atoms with van der Waals surface area (Å²) in [7, 11) is 0. The maximum Gasteiger partial charge on any atom is 0.246 e. The van der Waals surface area contributed by atoms with Gasteiger partial charge in [-0.05, 0) is 35.4 Å². The summed E-state index contributed by atoms with van der Waals surface area (Å²) < 4.78 is 0. The Bertz CT molecular complexity index is 970. The van der Waals surface area contributed by atoms with Crippen LogP contribution in [-0.4, -0.2) is 15.2 Å². The van der Waals surface area contributed by atoms with Crippen LogP contribution in [0.1, 0.15) is 17.0 Å². The van der Waals surface area contributed by atoms with Crippen molar-refractivity contribution in [3.63, 3.8) is 0 Å². The number of H-pyrrole nitrogens is 1. The highest BCUT2D eigenvalue weighted by Gasteiger charge is 2.05. The number of aryl methyl sites for hydroxylation is 1. The van der Waals surface area contributed by atoms with Gasteiger partial charge in [-0.25, -0.2) is 0 Å². The third-order valence-electron chi connectivity index (χ3n) is 4.02. The standard InChI is InChI=1S/C20H18N4/c1-14-6-10-18(11-7-14)21-20-22-19(23-24-20)13-15-8-9-16-4-2-3-5-17(16)12-15/h2-12H,13H2,1H3,(H2,21,22,23,24). The van der Waals surface area contributed by atoms with Gasteiger partial charge in [-0.2, -0.15) is 4.98 Å². The average Bonchev–Trinajstić information content (AvgIpc) is 3.04. The van der Waals surface area contributed by atoms with Gasteiger partial charge in [0.1, 0.15) is 5.82 Å². The summed E-state index contributed by atoms with van der Waals surface area (Å²) in [6.07, 6.45) is 0.730. The molecule has 0 unspecified atom stereocenters. The molecule has 4 rings (SSSR count). The topological polar surface area (TPSA) is 53.6 Å². The van der Waals surface area contributed by atoms with Crippen LogP contribution >= 0.6 is 0 Å². The van der Waals surface area contributed by atoms with Gasteiger partial charge >= 0.3 is 0 Å². The fraction of sp³-hybridized carbons (Fsp3) is 0.100. The molecule has 0 atom stereocenters. The predicted octanol–water partition coefficient (Wildman–Crippen LogP) is 4.60. The van der Waals surface area contributed by atoms with Crippen molar-refractivity contribution in [1.29, 1.82) is 0 Å². The molecule has 118 valence electrons. The summed E-state index contributed by atoms with van der Waals surface area (Å²) in [6.45, 7) is 2.07. The van der Waals surface area contributed by atoms with Crippen molar-refractivity contribution in [2.45, 2.75) is 13.3 Å². The first-order valence-corrected chi connectivity index (χ1v) is 7.99. The van der Waals surface area contributed by atoms with Gasteiger partial charge in [-0.3, -0.25) is 5.10 Å². The van der Waals surface area contributed by atoms with E-state index >= 15 is 0 Å². The lowest BCUT2D eigenvalue weighted by Crippen LogP contribution is -1.93. The van der Waals surface area contributed by atoms with Crippen LogP contribution in [0.5, 0.6) is 0 Å². The fourth-order valence-electron chi connectivity index (χ4n) is 2.74. The van der Waals surface area contributed by atoms with Gasteiger partial charge in [0.15, 0.2) is 0 Å². The van der Waals surface area contributed by atoms with Gasteiger partial charge in [-0.15, -0.1) is 5.10 Å². The van der Waals surface area contributed by atoms with Crippen LogP contribution in [0.15, 0.2) is 66.7 Å². The molecule has 0 amide bonds. The third kappa shape index (κ3) is 3.13. The molecule has 3 aromatic carbocycles. The number of fused-ring (bicyclic) bond motifs is 1. The Morgan fingerprint density at radius 1 is 0.917 bits per heavy atom. The number of hydrogen-bond acceptors (Lipinski definition) is 3. The van der Waals surface area contributed by atoms with Gasteiger partial charge in [-0.1, -0.05) is 60.2 Å². The zero-order chi connectivity index (χ0) is 16.4. The van der Waals surface area contributed by atoms with E-state index in [0.717, 1.165) is 17.9 Å². The second-order valence-corrected chi connectivity index (χ2v) is 5.96. The number of rotatable bonds is 4. The van der Waals surface area contributed by atoms with E-state index in [-0.39, 0.29) is 0 Å². The van der Waals surface area contributed by atoms with Crippen molar-refractivity contribution in [3.05, 3.63) is 83.7 Å². The van der Waals surface area contributed by atoms with Gasteiger partial charge in [0.05, 0.1) is 0 Å². The minimum absolute atomic E-state index is 0.592. The molecule has 24 heavy (non-hydrogen) atoms. The van der Waals surface area contributed by atoms with Crippen LogP contribution in [0.3, 0.4) is 0 Å². The zero-order valence-corrected chi connectivity index (χ0v) is 13.5. The lowest BCUT2D eigenvalue weighted by molar-refractivity contribution is 0.974. The monoisotopic (exact) mass is 314 g/mol. The fourth-order valence-corrected chi connectivity index (χ4v) is 2.74. The number of benzene rings is 3. The summed E-state index contributed by atoms with van der Waals surface area (Å²) in [5, 5.41) is 13.0. The number of anilines is 2. The minimum atomic E-state index is 0.592. The van der Waals surface area contributed by atoms with Crippen molar-refractivity contribution >= 4 is 22.4 Å². The van der Waals surface area contributed by atoms with E-state index in [1.54, 1.807) is 0 Å². The van der Waals surface area contributed by atoms with Crippen molar-refractivity contribution in [2.24, 2.45) is 0 Å².